The first-order chi connectivity index (χ1) is 8.39. The monoisotopic (exact) mass is 242 g/mol. The van der Waals surface area contributed by atoms with Gasteiger partial charge in [0, 0.05) is 0 Å². The van der Waals surface area contributed by atoms with Crippen molar-refractivity contribution in [2.24, 2.45) is 0 Å². The Morgan fingerprint density at radius 3 is 1.18 bits per heavy atom. The van der Waals surface area contributed by atoms with Crippen LogP contribution in [0.3, 0.4) is 0 Å². The Balaban J connectivity index is 2.11. The lowest BCUT2D eigenvalue weighted by Crippen LogP contribution is -2.09. The van der Waals surface area contributed by atoms with Crippen LogP contribution < -0.4 is 0 Å². The summed E-state index contributed by atoms with van der Waals surface area (Å²) >= 11 is 0. The highest BCUT2D eigenvalue weighted by Gasteiger charge is 2.03. The number of ether oxygens (including phenoxy) is 2. The van der Waals surface area contributed by atoms with Crippen LogP contribution in [0.5, 0.6) is 0 Å². The largest absolute Gasteiger partial charge is 0.508 e. The van der Waals surface area contributed by atoms with Gasteiger partial charge in [-0.2, -0.15) is 0 Å². The Morgan fingerprint density at radius 1 is 0.529 bits per heavy atom. The van der Waals surface area contributed by atoms with Gasteiger partial charge in [0.15, 0.2) is 0 Å². The molecule has 0 N–H and O–H groups in total. The molecule has 1 fully saturated rings. The highest BCUT2D eigenvalue weighted by atomic mass is 16.7. The van der Waals surface area contributed by atoms with Crippen LogP contribution in [-0.4, -0.2) is 19.4 Å². The van der Waals surface area contributed by atoms with Crippen LogP contribution in [0.2, 0.25) is 0 Å². The van der Waals surface area contributed by atoms with Crippen LogP contribution in [-0.2, 0) is 9.47 Å². The Bertz CT molecular complexity index is 174. The SMILES string of the molecule is O=C1OCCCCCCCCCCCCCO1. The van der Waals surface area contributed by atoms with Crippen LogP contribution in [0.1, 0.15) is 70.6 Å². The van der Waals surface area contributed by atoms with Crippen molar-refractivity contribution < 1.29 is 14.3 Å². The smallest absolute Gasteiger partial charge is 0.434 e. The first-order valence-electron chi connectivity index (χ1n) is 7.19. The number of hydrogen-bond donors (Lipinski definition) is 0. The van der Waals surface area contributed by atoms with Gasteiger partial charge < -0.3 is 9.47 Å². The molecule has 0 radical (unpaired) electrons. The van der Waals surface area contributed by atoms with E-state index in [4.69, 9.17) is 9.47 Å². The molecule has 0 unspecified atom stereocenters. The summed E-state index contributed by atoms with van der Waals surface area (Å²) in [6.07, 6.45) is 13.0. The van der Waals surface area contributed by atoms with Crippen LogP contribution in [0.25, 0.3) is 0 Å². The Labute approximate surface area is 105 Å². The summed E-state index contributed by atoms with van der Waals surface area (Å²) in [6, 6.07) is 0. The van der Waals surface area contributed by atoms with Gasteiger partial charge >= 0.3 is 6.16 Å². The summed E-state index contributed by atoms with van der Waals surface area (Å²) in [6.45, 7) is 1.03. The van der Waals surface area contributed by atoms with Gasteiger partial charge in [-0.05, 0) is 12.8 Å². The normalized spacial score (nSPS) is 22.5. The van der Waals surface area contributed by atoms with Gasteiger partial charge in [0.1, 0.15) is 0 Å². The fourth-order valence-corrected chi connectivity index (χ4v) is 2.15. The van der Waals surface area contributed by atoms with Gasteiger partial charge in [-0.1, -0.05) is 57.8 Å². The predicted octanol–water partition coefficient (Wildman–Crippen LogP) is 4.44. The zero-order valence-electron chi connectivity index (χ0n) is 10.9. The zero-order chi connectivity index (χ0) is 12.2. The Kier molecular flexibility index (Phi) is 8.79. The molecule has 3 heteroatoms. The summed E-state index contributed by atoms with van der Waals surface area (Å²) < 4.78 is 9.96. The van der Waals surface area contributed by atoms with Gasteiger partial charge in [-0.15, -0.1) is 0 Å². The van der Waals surface area contributed by atoms with Crippen molar-refractivity contribution in [3.05, 3.63) is 0 Å². The van der Waals surface area contributed by atoms with Gasteiger partial charge in [-0.25, -0.2) is 4.79 Å². The molecule has 1 rings (SSSR count). The fourth-order valence-electron chi connectivity index (χ4n) is 2.15. The second-order valence-corrected chi connectivity index (χ2v) is 4.84. The van der Waals surface area contributed by atoms with E-state index >= 15 is 0 Å². The third-order valence-corrected chi connectivity index (χ3v) is 3.23. The van der Waals surface area contributed by atoms with E-state index in [9.17, 15) is 4.79 Å². The molecular weight excluding hydrogens is 216 g/mol. The van der Waals surface area contributed by atoms with E-state index in [1.807, 2.05) is 0 Å². The van der Waals surface area contributed by atoms with Crippen molar-refractivity contribution in [3.8, 4) is 0 Å². The Hall–Kier alpha value is -0.730. The van der Waals surface area contributed by atoms with Gasteiger partial charge in [-0.3, -0.25) is 0 Å². The molecule has 0 amide bonds. The summed E-state index contributed by atoms with van der Waals surface area (Å²) in [5.41, 5.74) is 0. The zero-order valence-corrected chi connectivity index (χ0v) is 10.9. The molecule has 1 aliphatic rings. The van der Waals surface area contributed by atoms with E-state index in [1.54, 1.807) is 0 Å². The van der Waals surface area contributed by atoms with Gasteiger partial charge in [0.25, 0.3) is 0 Å². The summed E-state index contributed by atoms with van der Waals surface area (Å²) in [4.78, 5) is 11.1. The molecule has 0 aliphatic carbocycles. The van der Waals surface area contributed by atoms with E-state index in [1.165, 1.54) is 44.9 Å². The third kappa shape index (κ3) is 9.02. The van der Waals surface area contributed by atoms with E-state index in [0.29, 0.717) is 13.2 Å². The average Bonchev–Trinajstić information content (AvgIpc) is 2.32. The molecule has 100 valence electrons. The van der Waals surface area contributed by atoms with Crippen molar-refractivity contribution in [2.45, 2.75) is 70.6 Å². The number of cyclic esters (lactones) is 2. The molecule has 1 aliphatic heterocycles. The van der Waals surface area contributed by atoms with E-state index in [-0.39, 0.29) is 0 Å². The minimum atomic E-state index is -0.489. The molecule has 1 heterocycles. The molecular formula is C14H26O3. The van der Waals surface area contributed by atoms with E-state index in [2.05, 4.69) is 0 Å². The number of carbonyl (C=O) groups is 1. The van der Waals surface area contributed by atoms with Gasteiger partial charge in [0.05, 0.1) is 13.2 Å². The molecule has 1 saturated heterocycles. The maximum absolute atomic E-state index is 11.1. The van der Waals surface area contributed by atoms with Crippen LogP contribution in [0, 0.1) is 0 Å². The molecule has 0 aromatic heterocycles. The highest BCUT2D eigenvalue weighted by Crippen LogP contribution is 2.12. The molecule has 0 saturated carbocycles. The molecule has 0 aromatic carbocycles. The van der Waals surface area contributed by atoms with Crippen molar-refractivity contribution in [3.63, 3.8) is 0 Å². The van der Waals surface area contributed by atoms with E-state index < -0.39 is 6.16 Å². The van der Waals surface area contributed by atoms with Crippen molar-refractivity contribution in [2.75, 3.05) is 13.2 Å². The third-order valence-electron chi connectivity index (χ3n) is 3.23. The second kappa shape index (κ2) is 10.4. The lowest BCUT2D eigenvalue weighted by atomic mass is 10.1. The highest BCUT2D eigenvalue weighted by molar-refractivity contribution is 5.59. The maximum Gasteiger partial charge on any atom is 0.508 e. The fraction of sp³-hybridized carbons (Fsp3) is 0.929. The number of hydrogen-bond acceptors (Lipinski definition) is 3. The van der Waals surface area contributed by atoms with E-state index in [0.717, 1.165) is 25.7 Å². The first kappa shape index (κ1) is 14.3. The standard InChI is InChI=1S/C14H26O3/c15-14-16-12-10-8-6-4-2-1-3-5-7-9-11-13-17-14/h1-13H2. The van der Waals surface area contributed by atoms with Gasteiger partial charge in [0.2, 0.25) is 0 Å². The number of rotatable bonds is 0. The summed E-state index contributed by atoms with van der Waals surface area (Å²) in [5.74, 6) is 0. The molecule has 0 atom stereocenters. The predicted molar refractivity (Wildman–Crippen MR) is 68.1 cm³/mol. The Morgan fingerprint density at radius 2 is 0.824 bits per heavy atom. The lowest BCUT2D eigenvalue weighted by molar-refractivity contribution is 0.0528. The molecule has 17 heavy (non-hydrogen) atoms. The van der Waals surface area contributed by atoms with Crippen LogP contribution in [0.15, 0.2) is 0 Å². The van der Waals surface area contributed by atoms with Crippen LogP contribution >= 0.6 is 0 Å². The molecule has 0 spiro atoms. The minimum absolute atomic E-state index is 0.489. The molecule has 3 nitrogen and oxygen atoms in total. The lowest BCUT2D eigenvalue weighted by Gasteiger charge is -2.07. The van der Waals surface area contributed by atoms with Crippen molar-refractivity contribution in [1.29, 1.82) is 0 Å². The second-order valence-electron chi connectivity index (χ2n) is 4.84. The van der Waals surface area contributed by atoms with Crippen molar-refractivity contribution in [1.82, 2.24) is 0 Å². The average molecular weight is 242 g/mol. The maximum atomic E-state index is 11.1. The number of carbonyl (C=O) groups excluding carboxylic acids is 1. The van der Waals surface area contributed by atoms with Crippen LogP contribution in [0.4, 0.5) is 4.79 Å². The summed E-state index contributed by atoms with van der Waals surface area (Å²) in [7, 11) is 0. The summed E-state index contributed by atoms with van der Waals surface area (Å²) in [5, 5.41) is 0. The quantitative estimate of drug-likeness (QED) is 0.589. The topological polar surface area (TPSA) is 35.5 Å². The van der Waals surface area contributed by atoms with Crippen molar-refractivity contribution >= 4 is 6.16 Å². The molecule has 0 aromatic rings. The first-order valence-corrected chi connectivity index (χ1v) is 7.19. The molecule has 0 bridgehead atoms. The minimum Gasteiger partial charge on any atom is -0.434 e.